The van der Waals surface area contributed by atoms with Gasteiger partial charge in [-0.15, -0.1) is 0 Å². The minimum atomic E-state index is 0.176. The maximum Gasteiger partial charge on any atom is 0.244 e. The van der Waals surface area contributed by atoms with Crippen molar-refractivity contribution in [2.24, 2.45) is 5.92 Å². The number of nitrogens with one attached hydrogen (secondary N) is 1. The molecule has 5 nitrogen and oxygen atoms in total. The fourth-order valence-corrected chi connectivity index (χ4v) is 2.66. The maximum absolute atomic E-state index is 5.41. The molecule has 106 valence electrons. The Balaban J connectivity index is 1.88. The monoisotopic (exact) mass is 273 g/mol. The lowest BCUT2D eigenvalue weighted by atomic mass is 10.0. The molecule has 2 heterocycles. The van der Waals surface area contributed by atoms with Gasteiger partial charge < -0.3 is 14.6 Å². The molecule has 1 saturated heterocycles. The molecule has 5 heteroatoms. The quantitative estimate of drug-likeness (QED) is 0.931. The molecule has 1 aliphatic heterocycles. The predicted octanol–water partition coefficient (Wildman–Crippen LogP) is 2.72. The Morgan fingerprint density at radius 3 is 2.90 bits per heavy atom. The van der Waals surface area contributed by atoms with E-state index in [0.717, 1.165) is 29.8 Å². The molecule has 0 aliphatic carbocycles. The second kappa shape index (κ2) is 5.25. The van der Waals surface area contributed by atoms with Crippen LogP contribution in [0.4, 0.5) is 0 Å². The molecule has 1 fully saturated rings. The van der Waals surface area contributed by atoms with Crippen molar-refractivity contribution in [1.29, 1.82) is 0 Å². The molecular weight excluding hydrogens is 254 g/mol. The minimum Gasteiger partial charge on any atom is -0.496 e. The fraction of sp³-hybridized carbons (Fsp3) is 0.467. The fourth-order valence-electron chi connectivity index (χ4n) is 2.66. The third kappa shape index (κ3) is 2.29. The Hall–Kier alpha value is -1.88. The number of ether oxygens (including phenoxy) is 1. The van der Waals surface area contributed by atoms with Crippen molar-refractivity contribution >= 4 is 0 Å². The summed E-state index contributed by atoms with van der Waals surface area (Å²) in [5, 5.41) is 7.50. The molecule has 1 aromatic carbocycles. The van der Waals surface area contributed by atoms with Crippen LogP contribution >= 0.6 is 0 Å². The molecule has 0 amide bonds. The van der Waals surface area contributed by atoms with Crippen LogP contribution in [0.5, 0.6) is 5.75 Å². The summed E-state index contributed by atoms with van der Waals surface area (Å²) >= 11 is 0. The predicted molar refractivity (Wildman–Crippen MR) is 75.5 cm³/mol. The van der Waals surface area contributed by atoms with Gasteiger partial charge in [-0.25, -0.2) is 0 Å². The van der Waals surface area contributed by atoms with E-state index in [9.17, 15) is 0 Å². The number of rotatable bonds is 3. The zero-order chi connectivity index (χ0) is 14.1. The Morgan fingerprint density at radius 2 is 2.25 bits per heavy atom. The highest BCUT2D eigenvalue weighted by Crippen LogP contribution is 2.30. The molecule has 0 spiro atoms. The largest absolute Gasteiger partial charge is 0.496 e. The molecule has 1 N–H and O–H groups in total. The van der Waals surface area contributed by atoms with Crippen LogP contribution in [-0.2, 0) is 0 Å². The summed E-state index contributed by atoms with van der Waals surface area (Å²) < 4.78 is 10.7. The van der Waals surface area contributed by atoms with E-state index in [-0.39, 0.29) is 6.04 Å². The summed E-state index contributed by atoms with van der Waals surface area (Å²) in [4.78, 5) is 4.53. The first-order valence-corrected chi connectivity index (χ1v) is 6.91. The number of aryl methyl sites for hydroxylation is 1. The van der Waals surface area contributed by atoms with E-state index in [0.29, 0.717) is 17.6 Å². The van der Waals surface area contributed by atoms with Crippen molar-refractivity contribution in [3.05, 3.63) is 29.7 Å². The average Bonchev–Trinajstić information content (AvgIpc) is 3.07. The number of hydrogen-bond donors (Lipinski definition) is 1. The molecular formula is C15H19N3O2. The minimum absolute atomic E-state index is 0.176. The molecule has 0 bridgehead atoms. The van der Waals surface area contributed by atoms with Gasteiger partial charge >= 0.3 is 0 Å². The summed E-state index contributed by atoms with van der Waals surface area (Å²) in [6, 6.07) is 6.07. The van der Waals surface area contributed by atoms with Crippen LogP contribution in [0, 0.1) is 12.8 Å². The number of hydrogen-bond acceptors (Lipinski definition) is 5. The van der Waals surface area contributed by atoms with E-state index in [2.05, 4.69) is 22.4 Å². The first-order valence-electron chi connectivity index (χ1n) is 6.91. The van der Waals surface area contributed by atoms with Gasteiger partial charge in [0.2, 0.25) is 11.7 Å². The SMILES string of the molecule is COc1ccc(-c2noc(C3NCCC3C)n2)cc1C. The Labute approximate surface area is 118 Å². The van der Waals surface area contributed by atoms with E-state index in [1.54, 1.807) is 7.11 Å². The Bertz CT molecular complexity index is 609. The highest BCUT2D eigenvalue weighted by atomic mass is 16.5. The lowest BCUT2D eigenvalue weighted by Crippen LogP contribution is -2.16. The molecule has 0 radical (unpaired) electrons. The van der Waals surface area contributed by atoms with Crippen molar-refractivity contribution in [2.75, 3.05) is 13.7 Å². The van der Waals surface area contributed by atoms with Gasteiger partial charge in [0.1, 0.15) is 5.75 Å². The lowest BCUT2D eigenvalue weighted by molar-refractivity contribution is 0.319. The first-order chi connectivity index (χ1) is 9.69. The number of aromatic nitrogens is 2. The van der Waals surface area contributed by atoms with Gasteiger partial charge in [-0.3, -0.25) is 0 Å². The number of methoxy groups -OCH3 is 1. The van der Waals surface area contributed by atoms with E-state index in [1.807, 2.05) is 25.1 Å². The smallest absolute Gasteiger partial charge is 0.244 e. The van der Waals surface area contributed by atoms with Gasteiger partial charge in [-0.1, -0.05) is 12.1 Å². The van der Waals surface area contributed by atoms with E-state index >= 15 is 0 Å². The van der Waals surface area contributed by atoms with Crippen molar-refractivity contribution in [3.8, 4) is 17.1 Å². The molecule has 2 unspecified atom stereocenters. The maximum atomic E-state index is 5.41. The summed E-state index contributed by atoms with van der Waals surface area (Å²) in [5.41, 5.74) is 2.01. The highest BCUT2D eigenvalue weighted by Gasteiger charge is 2.29. The van der Waals surface area contributed by atoms with E-state index < -0.39 is 0 Å². The Morgan fingerprint density at radius 1 is 1.40 bits per heavy atom. The number of nitrogens with zero attached hydrogens (tertiary/aromatic N) is 2. The van der Waals surface area contributed by atoms with Crippen LogP contribution in [0.15, 0.2) is 22.7 Å². The highest BCUT2D eigenvalue weighted by molar-refractivity contribution is 5.58. The van der Waals surface area contributed by atoms with Crippen LogP contribution in [0.1, 0.15) is 30.8 Å². The molecule has 1 aliphatic rings. The first kappa shape index (κ1) is 13.1. The second-order valence-electron chi connectivity index (χ2n) is 5.34. The molecule has 2 atom stereocenters. The third-order valence-electron chi connectivity index (χ3n) is 3.89. The Kier molecular flexibility index (Phi) is 3.44. The average molecular weight is 273 g/mol. The normalized spacial score (nSPS) is 22.1. The summed E-state index contributed by atoms with van der Waals surface area (Å²) in [5.74, 6) is 2.70. The van der Waals surface area contributed by atoms with Crippen LogP contribution in [0.25, 0.3) is 11.4 Å². The molecule has 1 aromatic heterocycles. The van der Waals surface area contributed by atoms with Crippen LogP contribution in [0.2, 0.25) is 0 Å². The second-order valence-corrected chi connectivity index (χ2v) is 5.34. The van der Waals surface area contributed by atoms with Crippen molar-refractivity contribution in [1.82, 2.24) is 15.5 Å². The van der Waals surface area contributed by atoms with Gasteiger partial charge in [0.05, 0.1) is 13.2 Å². The summed E-state index contributed by atoms with van der Waals surface area (Å²) in [7, 11) is 1.67. The third-order valence-corrected chi connectivity index (χ3v) is 3.89. The van der Waals surface area contributed by atoms with Gasteiger partial charge in [-0.05, 0) is 49.6 Å². The van der Waals surface area contributed by atoms with Crippen LogP contribution < -0.4 is 10.1 Å². The number of benzene rings is 1. The molecule has 20 heavy (non-hydrogen) atoms. The summed E-state index contributed by atoms with van der Waals surface area (Å²) in [6.07, 6.45) is 1.14. The van der Waals surface area contributed by atoms with Gasteiger partial charge in [0.25, 0.3) is 0 Å². The van der Waals surface area contributed by atoms with Crippen molar-refractivity contribution in [2.45, 2.75) is 26.3 Å². The standard InChI is InChI=1S/C15H19N3O2/c1-9-6-7-16-13(9)15-17-14(18-20-15)11-4-5-12(19-3)10(2)8-11/h4-5,8-9,13,16H,6-7H2,1-3H3. The van der Waals surface area contributed by atoms with E-state index in [4.69, 9.17) is 9.26 Å². The van der Waals surface area contributed by atoms with Gasteiger partial charge in [-0.2, -0.15) is 4.98 Å². The zero-order valence-corrected chi connectivity index (χ0v) is 12.0. The van der Waals surface area contributed by atoms with Crippen molar-refractivity contribution in [3.63, 3.8) is 0 Å². The molecule has 2 aromatic rings. The zero-order valence-electron chi connectivity index (χ0n) is 12.0. The van der Waals surface area contributed by atoms with Crippen LogP contribution in [-0.4, -0.2) is 23.8 Å². The van der Waals surface area contributed by atoms with Gasteiger partial charge in [0, 0.05) is 5.56 Å². The van der Waals surface area contributed by atoms with Crippen molar-refractivity contribution < 1.29 is 9.26 Å². The van der Waals surface area contributed by atoms with E-state index in [1.165, 1.54) is 0 Å². The molecule has 0 saturated carbocycles. The van der Waals surface area contributed by atoms with Crippen LogP contribution in [0.3, 0.4) is 0 Å². The summed E-state index contributed by atoms with van der Waals surface area (Å²) in [6.45, 7) is 5.21. The topological polar surface area (TPSA) is 60.2 Å². The lowest BCUT2D eigenvalue weighted by Gasteiger charge is -2.09. The van der Waals surface area contributed by atoms with Gasteiger partial charge in [0.15, 0.2) is 0 Å². The molecule has 3 rings (SSSR count).